The third-order valence-corrected chi connectivity index (χ3v) is 3.38. The van der Waals surface area contributed by atoms with Gasteiger partial charge in [0.1, 0.15) is 11.8 Å². The lowest BCUT2D eigenvalue weighted by molar-refractivity contribution is -0.141. The van der Waals surface area contributed by atoms with Crippen molar-refractivity contribution >= 4 is 23.5 Å². The van der Waals surface area contributed by atoms with E-state index in [4.69, 9.17) is 9.84 Å². The average Bonchev–Trinajstić information content (AvgIpc) is 2.47. The van der Waals surface area contributed by atoms with Crippen LogP contribution in [0.1, 0.15) is 20.3 Å². The summed E-state index contributed by atoms with van der Waals surface area (Å²) in [5.74, 6) is -1.15. The molecule has 2 N–H and O–H groups in total. The van der Waals surface area contributed by atoms with E-state index >= 15 is 0 Å². The standard InChI is InChI=1S/C15H18N2O5/c1-9(15(20)21)16-13(18)7-8-17-11-5-3-4-6-12(11)22-10(2)14(17)19/h3-6,9-10H,7-8H2,1-2H3,(H,16,18)(H,20,21)/t9-,10?/m0/s1. The van der Waals surface area contributed by atoms with Crippen molar-refractivity contribution < 1.29 is 24.2 Å². The lowest BCUT2D eigenvalue weighted by atomic mass is 10.1. The van der Waals surface area contributed by atoms with E-state index in [1.165, 1.54) is 11.8 Å². The molecule has 7 heteroatoms. The summed E-state index contributed by atoms with van der Waals surface area (Å²) in [6.07, 6.45) is -0.597. The van der Waals surface area contributed by atoms with Crippen molar-refractivity contribution in [2.45, 2.75) is 32.4 Å². The molecule has 7 nitrogen and oxygen atoms in total. The van der Waals surface area contributed by atoms with Crippen LogP contribution < -0.4 is 15.0 Å². The van der Waals surface area contributed by atoms with E-state index in [2.05, 4.69) is 5.32 Å². The number of hydrogen-bond acceptors (Lipinski definition) is 4. The Hall–Kier alpha value is -2.57. The van der Waals surface area contributed by atoms with Gasteiger partial charge in [-0.25, -0.2) is 0 Å². The molecule has 1 unspecified atom stereocenters. The number of carbonyl (C=O) groups is 3. The molecule has 0 aromatic heterocycles. The van der Waals surface area contributed by atoms with Gasteiger partial charge in [-0.05, 0) is 26.0 Å². The number of carboxylic acid groups (broad SMARTS) is 1. The quantitative estimate of drug-likeness (QED) is 0.838. The van der Waals surface area contributed by atoms with Crippen LogP contribution in [-0.4, -0.2) is 41.6 Å². The average molecular weight is 306 g/mol. The molecule has 0 saturated heterocycles. The normalized spacial score (nSPS) is 18.2. The van der Waals surface area contributed by atoms with Gasteiger partial charge >= 0.3 is 5.97 Å². The zero-order chi connectivity index (χ0) is 16.3. The van der Waals surface area contributed by atoms with Crippen LogP contribution in [0.2, 0.25) is 0 Å². The Balaban J connectivity index is 2.04. The highest BCUT2D eigenvalue weighted by atomic mass is 16.5. The minimum atomic E-state index is -1.10. The lowest BCUT2D eigenvalue weighted by Crippen LogP contribution is -2.46. The number of aliphatic carboxylic acids is 1. The number of nitrogens with zero attached hydrogens (tertiary/aromatic N) is 1. The van der Waals surface area contributed by atoms with Gasteiger partial charge in [0.05, 0.1) is 5.69 Å². The van der Waals surface area contributed by atoms with Gasteiger partial charge in [0, 0.05) is 13.0 Å². The van der Waals surface area contributed by atoms with E-state index in [1.807, 2.05) is 0 Å². The maximum Gasteiger partial charge on any atom is 0.325 e. The van der Waals surface area contributed by atoms with Crippen LogP contribution in [0.4, 0.5) is 5.69 Å². The van der Waals surface area contributed by atoms with E-state index in [0.29, 0.717) is 11.4 Å². The second-order valence-electron chi connectivity index (χ2n) is 5.10. The van der Waals surface area contributed by atoms with E-state index < -0.39 is 24.0 Å². The second-order valence-corrected chi connectivity index (χ2v) is 5.10. The summed E-state index contributed by atoms with van der Waals surface area (Å²) in [7, 11) is 0. The number of rotatable bonds is 5. The number of nitrogens with one attached hydrogen (secondary N) is 1. The van der Waals surface area contributed by atoms with Crippen LogP contribution in [0.3, 0.4) is 0 Å². The van der Waals surface area contributed by atoms with Crippen LogP contribution in [0.25, 0.3) is 0 Å². The summed E-state index contributed by atoms with van der Waals surface area (Å²) in [6.45, 7) is 3.21. The third kappa shape index (κ3) is 3.36. The number of carboxylic acids is 1. The molecule has 0 fully saturated rings. The third-order valence-electron chi connectivity index (χ3n) is 3.38. The fourth-order valence-electron chi connectivity index (χ4n) is 2.18. The van der Waals surface area contributed by atoms with Crippen LogP contribution >= 0.6 is 0 Å². The highest BCUT2D eigenvalue weighted by molar-refractivity contribution is 6.00. The highest BCUT2D eigenvalue weighted by Gasteiger charge is 2.31. The molecule has 1 heterocycles. The zero-order valence-corrected chi connectivity index (χ0v) is 12.4. The van der Waals surface area contributed by atoms with Crippen molar-refractivity contribution in [1.82, 2.24) is 5.32 Å². The second kappa shape index (κ2) is 6.46. The molecule has 2 amide bonds. The van der Waals surface area contributed by atoms with Crippen LogP contribution in [0, 0.1) is 0 Å². The molecule has 2 rings (SSSR count). The van der Waals surface area contributed by atoms with E-state index in [9.17, 15) is 14.4 Å². The smallest absolute Gasteiger partial charge is 0.325 e. The highest BCUT2D eigenvalue weighted by Crippen LogP contribution is 2.33. The molecule has 0 saturated carbocycles. The Morgan fingerprint density at radius 1 is 1.41 bits per heavy atom. The monoisotopic (exact) mass is 306 g/mol. The van der Waals surface area contributed by atoms with E-state index in [0.717, 1.165) is 0 Å². The number of fused-ring (bicyclic) bond motifs is 1. The number of ether oxygens (including phenoxy) is 1. The molecule has 1 aliphatic heterocycles. The molecule has 0 bridgehead atoms. The Kier molecular flexibility index (Phi) is 4.65. The Morgan fingerprint density at radius 2 is 2.09 bits per heavy atom. The molecular formula is C15H18N2O5. The van der Waals surface area contributed by atoms with Gasteiger partial charge in [0.2, 0.25) is 5.91 Å². The van der Waals surface area contributed by atoms with Gasteiger partial charge < -0.3 is 20.1 Å². The van der Waals surface area contributed by atoms with Gasteiger partial charge in [-0.3, -0.25) is 14.4 Å². The van der Waals surface area contributed by atoms with Crippen molar-refractivity contribution in [3.63, 3.8) is 0 Å². The first-order chi connectivity index (χ1) is 10.4. The van der Waals surface area contributed by atoms with Crippen LogP contribution in [-0.2, 0) is 14.4 Å². The lowest BCUT2D eigenvalue weighted by Gasteiger charge is -2.32. The number of carbonyl (C=O) groups excluding carboxylic acids is 2. The summed E-state index contributed by atoms with van der Waals surface area (Å²) >= 11 is 0. The Labute approximate surface area is 127 Å². The maximum atomic E-state index is 12.2. The molecular weight excluding hydrogens is 288 g/mol. The van der Waals surface area contributed by atoms with Gasteiger partial charge in [-0.15, -0.1) is 0 Å². The molecule has 0 spiro atoms. The van der Waals surface area contributed by atoms with Crippen molar-refractivity contribution in [2.24, 2.45) is 0 Å². The fourth-order valence-corrected chi connectivity index (χ4v) is 2.18. The molecule has 22 heavy (non-hydrogen) atoms. The maximum absolute atomic E-state index is 12.2. The van der Waals surface area contributed by atoms with Crippen molar-refractivity contribution in [3.05, 3.63) is 24.3 Å². The first kappa shape index (κ1) is 15.8. The van der Waals surface area contributed by atoms with Crippen molar-refractivity contribution in [1.29, 1.82) is 0 Å². The van der Waals surface area contributed by atoms with Crippen LogP contribution in [0.5, 0.6) is 5.75 Å². The molecule has 1 aliphatic rings. The number of amides is 2. The summed E-state index contributed by atoms with van der Waals surface area (Å²) in [4.78, 5) is 36.2. The minimum absolute atomic E-state index is 0.0183. The van der Waals surface area contributed by atoms with Crippen molar-refractivity contribution in [2.75, 3.05) is 11.4 Å². The summed E-state index contributed by atoms with van der Waals surface area (Å²) in [5, 5.41) is 11.1. The number of benzene rings is 1. The largest absolute Gasteiger partial charge is 0.480 e. The first-order valence-electron chi connectivity index (χ1n) is 6.99. The molecule has 118 valence electrons. The zero-order valence-electron chi connectivity index (χ0n) is 12.4. The Bertz CT molecular complexity index is 601. The molecule has 1 aromatic rings. The van der Waals surface area contributed by atoms with Crippen LogP contribution in [0.15, 0.2) is 24.3 Å². The summed E-state index contributed by atoms with van der Waals surface area (Å²) in [5.41, 5.74) is 0.615. The molecule has 0 aliphatic carbocycles. The van der Waals surface area contributed by atoms with E-state index in [1.54, 1.807) is 31.2 Å². The summed E-state index contributed by atoms with van der Waals surface area (Å²) < 4.78 is 5.51. The van der Waals surface area contributed by atoms with Crippen molar-refractivity contribution in [3.8, 4) is 5.75 Å². The van der Waals surface area contributed by atoms with E-state index in [-0.39, 0.29) is 18.9 Å². The number of anilines is 1. The topological polar surface area (TPSA) is 95.9 Å². The summed E-state index contributed by atoms with van der Waals surface area (Å²) in [6, 6.07) is 6.14. The first-order valence-corrected chi connectivity index (χ1v) is 6.99. The molecule has 0 radical (unpaired) electrons. The SMILES string of the molecule is CC1Oc2ccccc2N(CCC(=O)N[C@@H](C)C(=O)O)C1=O. The molecule has 2 atom stereocenters. The number of hydrogen-bond donors (Lipinski definition) is 2. The molecule has 1 aromatic carbocycles. The van der Waals surface area contributed by atoms with Gasteiger partial charge in [0.25, 0.3) is 5.91 Å². The van der Waals surface area contributed by atoms with Gasteiger partial charge in [-0.2, -0.15) is 0 Å². The predicted molar refractivity (Wildman–Crippen MR) is 78.7 cm³/mol. The van der Waals surface area contributed by atoms with Gasteiger partial charge in [-0.1, -0.05) is 12.1 Å². The predicted octanol–water partition coefficient (Wildman–Crippen LogP) is 0.780. The number of para-hydroxylation sites is 2. The minimum Gasteiger partial charge on any atom is -0.480 e. The fraction of sp³-hybridized carbons (Fsp3) is 0.400. The Morgan fingerprint density at radius 3 is 2.77 bits per heavy atom. The van der Waals surface area contributed by atoms with Gasteiger partial charge in [0.15, 0.2) is 6.10 Å².